The molecule has 106 valence electrons. The second-order valence-corrected chi connectivity index (χ2v) is 6.69. The van der Waals surface area contributed by atoms with Crippen LogP contribution in [0.25, 0.3) is 0 Å². The van der Waals surface area contributed by atoms with Crippen molar-refractivity contribution < 1.29 is 9.18 Å². The van der Waals surface area contributed by atoms with E-state index >= 15 is 0 Å². The van der Waals surface area contributed by atoms with Crippen molar-refractivity contribution in [1.82, 2.24) is 10.2 Å². The van der Waals surface area contributed by atoms with Crippen molar-refractivity contribution in [3.05, 3.63) is 39.1 Å². The van der Waals surface area contributed by atoms with Crippen molar-refractivity contribution >= 4 is 38.3 Å². The van der Waals surface area contributed by atoms with Crippen molar-refractivity contribution in [3.8, 4) is 0 Å². The van der Waals surface area contributed by atoms with E-state index in [4.69, 9.17) is 0 Å². The highest BCUT2D eigenvalue weighted by atomic mass is 79.9. The summed E-state index contributed by atoms with van der Waals surface area (Å²) in [5.41, 5.74) is 0.234. The van der Waals surface area contributed by atoms with Gasteiger partial charge in [-0.3, -0.25) is 10.1 Å². The van der Waals surface area contributed by atoms with Crippen LogP contribution in [-0.2, 0) is 6.42 Å². The number of hydrogen-bond acceptors (Lipinski definition) is 4. The number of nitrogens with one attached hydrogen (secondary N) is 1. The zero-order chi connectivity index (χ0) is 14.7. The Balaban J connectivity index is 2.09. The van der Waals surface area contributed by atoms with E-state index in [1.54, 1.807) is 6.07 Å². The second kappa shape index (κ2) is 6.41. The Bertz CT molecular complexity index is 610. The molecule has 0 bridgehead atoms. The predicted molar refractivity (Wildman–Crippen MR) is 80.5 cm³/mol. The average molecular weight is 358 g/mol. The lowest BCUT2D eigenvalue weighted by molar-refractivity contribution is 0.102. The monoisotopic (exact) mass is 357 g/mol. The molecule has 7 heteroatoms. The van der Waals surface area contributed by atoms with Crippen LogP contribution in [0.5, 0.6) is 0 Å². The number of carbonyl (C=O) groups excluding carboxylic acids is 1. The minimum Gasteiger partial charge on any atom is -0.296 e. The van der Waals surface area contributed by atoms with Gasteiger partial charge in [0.15, 0.2) is 0 Å². The molecule has 0 spiro atoms. The first-order valence-corrected chi connectivity index (χ1v) is 7.65. The molecule has 1 aromatic heterocycles. The topological polar surface area (TPSA) is 54.9 Å². The van der Waals surface area contributed by atoms with E-state index in [0.29, 0.717) is 15.5 Å². The third-order valence-electron chi connectivity index (χ3n) is 2.39. The summed E-state index contributed by atoms with van der Waals surface area (Å²) < 4.78 is 13.8. The number of nitrogens with zero attached hydrogens (tertiary/aromatic N) is 2. The Morgan fingerprint density at radius 1 is 1.40 bits per heavy atom. The highest BCUT2D eigenvalue weighted by Gasteiger charge is 2.12. The van der Waals surface area contributed by atoms with Gasteiger partial charge in [0.05, 0.1) is 0 Å². The summed E-state index contributed by atoms with van der Waals surface area (Å²) in [5, 5.41) is 11.8. The minimum absolute atomic E-state index is 0.234. The predicted octanol–water partition coefficient (Wildman–Crippen LogP) is 3.89. The molecule has 0 atom stereocenters. The normalized spacial score (nSPS) is 10.8. The van der Waals surface area contributed by atoms with Crippen LogP contribution in [0.15, 0.2) is 22.7 Å². The van der Waals surface area contributed by atoms with E-state index in [9.17, 15) is 9.18 Å². The number of rotatable bonds is 4. The van der Waals surface area contributed by atoms with Crippen LogP contribution in [0.4, 0.5) is 9.52 Å². The summed E-state index contributed by atoms with van der Waals surface area (Å²) in [7, 11) is 0. The van der Waals surface area contributed by atoms with E-state index in [1.165, 1.54) is 23.5 Å². The summed E-state index contributed by atoms with van der Waals surface area (Å²) in [4.78, 5) is 12.0. The number of benzene rings is 1. The van der Waals surface area contributed by atoms with Crippen LogP contribution in [-0.4, -0.2) is 16.1 Å². The molecule has 0 aliphatic carbocycles. The minimum atomic E-state index is -0.470. The number of hydrogen-bond donors (Lipinski definition) is 1. The number of anilines is 1. The molecular weight excluding hydrogens is 345 g/mol. The quantitative estimate of drug-likeness (QED) is 0.902. The van der Waals surface area contributed by atoms with Crippen LogP contribution in [0, 0.1) is 11.7 Å². The lowest BCUT2D eigenvalue weighted by atomic mass is 10.1. The molecule has 0 unspecified atom stereocenters. The third-order valence-corrected chi connectivity index (χ3v) is 3.71. The number of amides is 1. The lowest BCUT2D eigenvalue weighted by Crippen LogP contribution is -2.12. The van der Waals surface area contributed by atoms with Gasteiger partial charge >= 0.3 is 0 Å². The van der Waals surface area contributed by atoms with Gasteiger partial charge in [-0.25, -0.2) is 4.39 Å². The van der Waals surface area contributed by atoms with Gasteiger partial charge in [-0.1, -0.05) is 41.1 Å². The maximum atomic E-state index is 13.2. The molecule has 20 heavy (non-hydrogen) atoms. The van der Waals surface area contributed by atoms with Crippen LogP contribution < -0.4 is 5.32 Å². The van der Waals surface area contributed by atoms with Gasteiger partial charge in [-0.15, -0.1) is 10.2 Å². The summed E-state index contributed by atoms with van der Waals surface area (Å²) in [6.07, 6.45) is 0.819. The molecule has 1 N–H and O–H groups in total. The molecule has 0 fully saturated rings. The largest absolute Gasteiger partial charge is 0.296 e. The summed E-state index contributed by atoms with van der Waals surface area (Å²) in [6, 6.07) is 4.02. The van der Waals surface area contributed by atoms with Crippen LogP contribution in [0.2, 0.25) is 0 Å². The SMILES string of the molecule is CC(C)Cc1nnc(NC(=O)c2cc(F)cc(Br)c2)s1. The molecule has 2 rings (SSSR count). The Kier molecular flexibility index (Phi) is 4.82. The van der Waals surface area contributed by atoms with Gasteiger partial charge in [0.25, 0.3) is 5.91 Å². The fourth-order valence-electron chi connectivity index (χ4n) is 1.59. The number of aromatic nitrogens is 2. The molecule has 0 aliphatic heterocycles. The molecule has 1 aromatic carbocycles. The third kappa shape index (κ3) is 4.08. The van der Waals surface area contributed by atoms with Gasteiger partial charge < -0.3 is 0 Å². The van der Waals surface area contributed by atoms with Crippen molar-refractivity contribution in [2.24, 2.45) is 5.92 Å². The Labute approximate surface area is 128 Å². The van der Waals surface area contributed by atoms with Crippen molar-refractivity contribution in [3.63, 3.8) is 0 Å². The first kappa shape index (κ1) is 15.1. The molecule has 2 aromatic rings. The maximum absolute atomic E-state index is 13.2. The highest BCUT2D eigenvalue weighted by Crippen LogP contribution is 2.20. The molecule has 1 heterocycles. The standard InChI is InChI=1S/C13H13BrFN3OS/c1-7(2)3-11-17-18-13(20-11)16-12(19)8-4-9(14)6-10(15)5-8/h4-7H,3H2,1-2H3,(H,16,18,19). The zero-order valence-electron chi connectivity index (χ0n) is 11.0. The van der Waals surface area contributed by atoms with Gasteiger partial charge in [-0.05, 0) is 24.1 Å². The zero-order valence-corrected chi connectivity index (χ0v) is 13.4. The fourth-order valence-corrected chi connectivity index (χ4v) is 3.00. The Hall–Kier alpha value is -1.34. The van der Waals surface area contributed by atoms with Crippen LogP contribution in [0.1, 0.15) is 29.2 Å². The molecule has 0 saturated heterocycles. The van der Waals surface area contributed by atoms with E-state index < -0.39 is 11.7 Å². The smallest absolute Gasteiger partial charge is 0.257 e. The van der Waals surface area contributed by atoms with Crippen molar-refractivity contribution in [2.75, 3.05) is 5.32 Å². The molecule has 4 nitrogen and oxygen atoms in total. The van der Waals surface area contributed by atoms with E-state index in [1.807, 2.05) is 0 Å². The lowest BCUT2D eigenvalue weighted by Gasteiger charge is -2.02. The molecule has 0 saturated carbocycles. The molecule has 0 aliphatic rings. The van der Waals surface area contributed by atoms with Crippen molar-refractivity contribution in [2.45, 2.75) is 20.3 Å². The molecule has 0 radical (unpaired) electrons. The van der Waals surface area contributed by atoms with Gasteiger partial charge in [0.2, 0.25) is 5.13 Å². The van der Waals surface area contributed by atoms with Gasteiger partial charge in [0, 0.05) is 16.5 Å². The Morgan fingerprint density at radius 3 is 2.80 bits per heavy atom. The molecule has 1 amide bonds. The summed E-state index contributed by atoms with van der Waals surface area (Å²) in [6.45, 7) is 4.17. The van der Waals surface area contributed by atoms with Crippen LogP contribution >= 0.6 is 27.3 Å². The number of halogens is 2. The van der Waals surface area contributed by atoms with E-state index in [0.717, 1.165) is 11.4 Å². The van der Waals surface area contributed by atoms with E-state index in [-0.39, 0.29) is 5.56 Å². The van der Waals surface area contributed by atoms with Gasteiger partial charge in [-0.2, -0.15) is 0 Å². The van der Waals surface area contributed by atoms with E-state index in [2.05, 4.69) is 45.3 Å². The first-order chi connectivity index (χ1) is 9.44. The fraction of sp³-hybridized carbons (Fsp3) is 0.308. The van der Waals surface area contributed by atoms with Gasteiger partial charge in [0.1, 0.15) is 10.8 Å². The Morgan fingerprint density at radius 2 is 2.15 bits per heavy atom. The van der Waals surface area contributed by atoms with Crippen LogP contribution in [0.3, 0.4) is 0 Å². The summed E-state index contributed by atoms with van der Waals surface area (Å²) >= 11 is 4.49. The molecular formula is C13H13BrFN3OS. The summed E-state index contributed by atoms with van der Waals surface area (Å²) in [5.74, 6) is -0.398. The first-order valence-electron chi connectivity index (χ1n) is 6.04. The maximum Gasteiger partial charge on any atom is 0.257 e. The number of carbonyl (C=O) groups is 1. The highest BCUT2D eigenvalue weighted by molar-refractivity contribution is 9.10. The average Bonchev–Trinajstić information content (AvgIpc) is 2.74. The van der Waals surface area contributed by atoms with Crippen molar-refractivity contribution in [1.29, 1.82) is 0 Å². The second-order valence-electron chi connectivity index (χ2n) is 4.71.